The monoisotopic (exact) mass is 282 g/mol. The van der Waals surface area contributed by atoms with Crippen LogP contribution in [0.2, 0.25) is 0 Å². The summed E-state index contributed by atoms with van der Waals surface area (Å²) < 4.78 is 16.4. The van der Waals surface area contributed by atoms with Gasteiger partial charge in [0.25, 0.3) is 5.01 Å². The standard InChI is InChI=1S/C7H8IO2P/c1-10-11(8,9)7-5-3-2-4-6-7/h2-6H,1H3. The predicted molar refractivity (Wildman–Crippen MR) is 54.7 cm³/mol. The molecule has 4 heteroatoms. The zero-order valence-electron chi connectivity index (χ0n) is 6.03. The molecule has 1 unspecified atom stereocenters. The minimum atomic E-state index is -2.56. The van der Waals surface area contributed by atoms with Crippen molar-refractivity contribution in [2.75, 3.05) is 7.11 Å². The molecular weight excluding hydrogens is 274 g/mol. The van der Waals surface area contributed by atoms with Crippen LogP contribution in [0, 0.1) is 0 Å². The first-order valence-electron chi connectivity index (χ1n) is 3.08. The van der Waals surface area contributed by atoms with Gasteiger partial charge in [0.1, 0.15) is 0 Å². The predicted octanol–water partition coefficient (Wildman–Crippen LogP) is 2.59. The molecule has 0 aliphatic heterocycles. The molecule has 1 aromatic rings. The molecule has 0 N–H and O–H groups in total. The van der Waals surface area contributed by atoms with E-state index in [2.05, 4.69) is 0 Å². The molecule has 11 heavy (non-hydrogen) atoms. The van der Waals surface area contributed by atoms with Gasteiger partial charge in [0.2, 0.25) is 0 Å². The second-order valence-corrected chi connectivity index (χ2v) is 7.65. The van der Waals surface area contributed by atoms with Gasteiger partial charge in [-0.3, -0.25) is 4.57 Å². The minimum absolute atomic E-state index is 0.753. The smallest absolute Gasteiger partial charge is 0.288 e. The van der Waals surface area contributed by atoms with Crippen molar-refractivity contribution in [2.24, 2.45) is 0 Å². The van der Waals surface area contributed by atoms with Crippen molar-refractivity contribution >= 4 is 32.4 Å². The van der Waals surface area contributed by atoms with Gasteiger partial charge in [0.15, 0.2) is 0 Å². The van der Waals surface area contributed by atoms with Crippen LogP contribution in [0.15, 0.2) is 30.3 Å². The third-order valence-corrected chi connectivity index (χ3v) is 5.54. The van der Waals surface area contributed by atoms with Crippen LogP contribution in [0.25, 0.3) is 0 Å². The van der Waals surface area contributed by atoms with E-state index in [4.69, 9.17) is 4.52 Å². The van der Waals surface area contributed by atoms with E-state index in [1.165, 1.54) is 7.11 Å². The molecule has 0 aliphatic rings. The number of hydrogen-bond acceptors (Lipinski definition) is 2. The average molecular weight is 282 g/mol. The van der Waals surface area contributed by atoms with E-state index in [9.17, 15) is 4.57 Å². The number of benzene rings is 1. The third-order valence-electron chi connectivity index (χ3n) is 1.30. The highest BCUT2D eigenvalue weighted by molar-refractivity contribution is 14.2. The summed E-state index contributed by atoms with van der Waals surface area (Å²) in [7, 11) is 1.46. The molecular formula is C7H8IO2P. The molecule has 0 saturated carbocycles. The fourth-order valence-electron chi connectivity index (χ4n) is 0.711. The molecule has 0 saturated heterocycles. The number of rotatable bonds is 2. The summed E-state index contributed by atoms with van der Waals surface area (Å²) in [6.07, 6.45) is 0. The van der Waals surface area contributed by atoms with Crippen LogP contribution in [-0.4, -0.2) is 7.11 Å². The van der Waals surface area contributed by atoms with E-state index < -0.39 is 5.01 Å². The van der Waals surface area contributed by atoms with E-state index in [-0.39, 0.29) is 0 Å². The lowest BCUT2D eigenvalue weighted by Gasteiger charge is -2.06. The van der Waals surface area contributed by atoms with Gasteiger partial charge >= 0.3 is 0 Å². The SMILES string of the molecule is COP(=O)(I)c1ccccc1. The molecule has 60 valence electrons. The van der Waals surface area contributed by atoms with Crippen LogP contribution < -0.4 is 5.30 Å². The lowest BCUT2D eigenvalue weighted by molar-refractivity contribution is 0.421. The first kappa shape index (κ1) is 9.23. The highest BCUT2D eigenvalue weighted by Gasteiger charge is 2.18. The van der Waals surface area contributed by atoms with Crippen molar-refractivity contribution in [2.45, 2.75) is 0 Å². The summed E-state index contributed by atoms with van der Waals surface area (Å²) in [6, 6.07) is 9.18. The van der Waals surface area contributed by atoms with Crippen LogP contribution in [0.4, 0.5) is 0 Å². The molecule has 1 rings (SSSR count). The van der Waals surface area contributed by atoms with Crippen molar-refractivity contribution < 1.29 is 9.09 Å². The topological polar surface area (TPSA) is 26.3 Å². The first-order chi connectivity index (χ1) is 5.17. The Morgan fingerprint density at radius 3 is 2.36 bits per heavy atom. The van der Waals surface area contributed by atoms with Gasteiger partial charge in [-0.25, -0.2) is 0 Å². The van der Waals surface area contributed by atoms with E-state index in [1.807, 2.05) is 40.2 Å². The lowest BCUT2D eigenvalue weighted by Crippen LogP contribution is -1.99. The van der Waals surface area contributed by atoms with E-state index in [0.717, 1.165) is 5.30 Å². The molecule has 0 heterocycles. The number of hydrogen-bond donors (Lipinski definition) is 0. The Hall–Kier alpha value is 0.140. The van der Waals surface area contributed by atoms with Gasteiger partial charge in [-0.05, 0) is 12.1 Å². The molecule has 0 amide bonds. The zero-order chi connectivity index (χ0) is 8.32. The first-order valence-corrected chi connectivity index (χ1v) is 7.49. The Bertz CT molecular complexity index is 273. The lowest BCUT2D eigenvalue weighted by atomic mass is 10.4. The van der Waals surface area contributed by atoms with E-state index in [1.54, 1.807) is 12.1 Å². The highest BCUT2D eigenvalue weighted by Crippen LogP contribution is 2.53. The summed E-state index contributed by atoms with van der Waals surface area (Å²) in [4.78, 5) is 0. The van der Waals surface area contributed by atoms with Gasteiger partial charge in [0, 0.05) is 34.5 Å². The molecule has 0 aromatic heterocycles. The van der Waals surface area contributed by atoms with Gasteiger partial charge in [-0.15, -0.1) is 0 Å². The molecule has 0 aliphatic carbocycles. The summed E-state index contributed by atoms with van der Waals surface area (Å²) >= 11 is 1.84. The fourth-order valence-corrected chi connectivity index (χ4v) is 2.42. The second kappa shape index (κ2) is 3.70. The van der Waals surface area contributed by atoms with Crippen molar-refractivity contribution in [3.05, 3.63) is 30.3 Å². The molecule has 1 aromatic carbocycles. The van der Waals surface area contributed by atoms with Crippen LogP contribution in [-0.2, 0) is 9.09 Å². The van der Waals surface area contributed by atoms with Gasteiger partial charge < -0.3 is 4.52 Å². The zero-order valence-corrected chi connectivity index (χ0v) is 9.08. The molecule has 2 nitrogen and oxygen atoms in total. The summed E-state index contributed by atoms with van der Waals surface area (Å²) in [5.74, 6) is 0. The quantitative estimate of drug-likeness (QED) is 0.615. The Morgan fingerprint density at radius 1 is 1.36 bits per heavy atom. The Kier molecular flexibility index (Phi) is 3.10. The second-order valence-electron chi connectivity index (χ2n) is 2.00. The Balaban J connectivity index is 3.03. The maximum atomic E-state index is 11.5. The normalized spacial score (nSPS) is 15.8. The van der Waals surface area contributed by atoms with Crippen LogP contribution in [0.5, 0.6) is 0 Å². The third kappa shape index (κ3) is 2.29. The molecule has 0 spiro atoms. The molecule has 1 atom stereocenters. The molecule has 0 radical (unpaired) electrons. The largest absolute Gasteiger partial charge is 0.322 e. The fraction of sp³-hybridized carbons (Fsp3) is 0.143. The average Bonchev–Trinajstić information content (AvgIpc) is 2.06. The highest BCUT2D eigenvalue weighted by atomic mass is 127. The van der Waals surface area contributed by atoms with E-state index in [0.29, 0.717) is 0 Å². The van der Waals surface area contributed by atoms with Crippen molar-refractivity contribution in [3.8, 4) is 0 Å². The van der Waals surface area contributed by atoms with Crippen molar-refractivity contribution in [1.82, 2.24) is 0 Å². The maximum absolute atomic E-state index is 11.5. The number of halogens is 1. The Morgan fingerprint density at radius 2 is 1.91 bits per heavy atom. The molecule has 0 fully saturated rings. The van der Waals surface area contributed by atoms with Gasteiger partial charge in [0.05, 0.1) is 0 Å². The maximum Gasteiger partial charge on any atom is 0.288 e. The summed E-state index contributed by atoms with van der Waals surface area (Å²) in [5, 5.41) is -1.80. The van der Waals surface area contributed by atoms with E-state index >= 15 is 0 Å². The van der Waals surface area contributed by atoms with Gasteiger partial charge in [-0.2, -0.15) is 0 Å². The van der Waals surface area contributed by atoms with Crippen LogP contribution in [0.1, 0.15) is 0 Å². The van der Waals surface area contributed by atoms with Gasteiger partial charge in [-0.1, -0.05) is 18.2 Å². The minimum Gasteiger partial charge on any atom is -0.322 e. The summed E-state index contributed by atoms with van der Waals surface area (Å²) in [6.45, 7) is 0. The van der Waals surface area contributed by atoms with Crippen molar-refractivity contribution in [1.29, 1.82) is 0 Å². The van der Waals surface area contributed by atoms with Crippen molar-refractivity contribution in [3.63, 3.8) is 0 Å². The summed E-state index contributed by atoms with van der Waals surface area (Å²) in [5.41, 5.74) is 0. The Labute approximate surface area is 78.9 Å². The van der Waals surface area contributed by atoms with Crippen LogP contribution in [0.3, 0.4) is 0 Å². The van der Waals surface area contributed by atoms with Crippen LogP contribution >= 0.6 is 27.1 Å². The molecule has 0 bridgehead atoms.